The summed E-state index contributed by atoms with van der Waals surface area (Å²) >= 11 is 0. The Hall–Kier alpha value is -1.89. The van der Waals surface area contributed by atoms with Gasteiger partial charge in [-0.25, -0.2) is 15.8 Å². The first-order valence-electron chi connectivity index (χ1n) is 6.54. The minimum Gasteiger partial charge on any atom is -0.358 e. The molecule has 2 rings (SSSR count). The van der Waals surface area contributed by atoms with Crippen molar-refractivity contribution in [2.75, 3.05) is 17.3 Å². The first-order chi connectivity index (χ1) is 9.13. The van der Waals surface area contributed by atoms with Crippen molar-refractivity contribution in [2.24, 2.45) is 5.84 Å². The Kier molecular flexibility index (Phi) is 4.16. The molecule has 0 bridgehead atoms. The molecule has 0 saturated heterocycles. The minimum atomic E-state index is -0.354. The van der Waals surface area contributed by atoms with Crippen LogP contribution in [0.25, 0.3) is 0 Å². The van der Waals surface area contributed by atoms with Crippen LogP contribution in [0.1, 0.15) is 38.4 Å². The zero-order valence-corrected chi connectivity index (χ0v) is 11.2. The van der Waals surface area contributed by atoms with Gasteiger partial charge in [0.15, 0.2) is 0 Å². The summed E-state index contributed by atoms with van der Waals surface area (Å²) in [5, 5.41) is 5.82. The predicted molar refractivity (Wildman–Crippen MR) is 73.6 cm³/mol. The molecule has 0 spiro atoms. The summed E-state index contributed by atoms with van der Waals surface area (Å²) in [5.41, 5.74) is 2.53. The van der Waals surface area contributed by atoms with Crippen LogP contribution in [-0.4, -0.2) is 28.5 Å². The largest absolute Gasteiger partial charge is 0.358 e. The van der Waals surface area contributed by atoms with Crippen molar-refractivity contribution >= 4 is 17.5 Å². The third-order valence-corrected chi connectivity index (χ3v) is 2.94. The lowest BCUT2D eigenvalue weighted by Gasteiger charge is -2.15. The molecule has 1 fully saturated rings. The highest BCUT2D eigenvalue weighted by molar-refractivity contribution is 5.83. The van der Waals surface area contributed by atoms with Gasteiger partial charge < -0.3 is 16.1 Å². The van der Waals surface area contributed by atoms with Gasteiger partial charge in [0.05, 0.1) is 0 Å². The number of hydrazine groups is 1. The maximum Gasteiger partial charge on any atom is 0.242 e. The average molecular weight is 264 g/mol. The van der Waals surface area contributed by atoms with Crippen molar-refractivity contribution in [1.29, 1.82) is 0 Å². The number of nitrogens with zero attached hydrogens (tertiary/aromatic N) is 2. The van der Waals surface area contributed by atoms with Crippen molar-refractivity contribution in [3.05, 3.63) is 11.9 Å². The van der Waals surface area contributed by atoms with Crippen LogP contribution in [0, 0.1) is 0 Å². The monoisotopic (exact) mass is 264 g/mol. The first-order valence-corrected chi connectivity index (χ1v) is 6.54. The number of nitrogens with one attached hydrogen (secondary N) is 3. The van der Waals surface area contributed by atoms with Crippen molar-refractivity contribution in [3.8, 4) is 0 Å². The van der Waals surface area contributed by atoms with Gasteiger partial charge in [0.25, 0.3) is 0 Å². The molecule has 5 N–H and O–H groups in total. The average Bonchev–Trinajstić information content (AvgIpc) is 3.22. The first kappa shape index (κ1) is 13.5. The number of nitrogen functional groups attached to an aromatic ring is 1. The SMILES string of the molecule is CCNC(=O)C(C)Nc1cc(NN)nc(C2CC2)n1. The van der Waals surface area contributed by atoms with Gasteiger partial charge >= 0.3 is 0 Å². The third kappa shape index (κ3) is 3.54. The Balaban J connectivity index is 2.10. The van der Waals surface area contributed by atoms with E-state index in [1.807, 2.05) is 6.92 Å². The Morgan fingerprint density at radius 2 is 2.16 bits per heavy atom. The van der Waals surface area contributed by atoms with Gasteiger partial charge in [0, 0.05) is 18.5 Å². The number of likely N-dealkylation sites (N-methyl/N-ethyl adjacent to an activating group) is 1. The molecule has 104 valence electrons. The smallest absolute Gasteiger partial charge is 0.242 e. The van der Waals surface area contributed by atoms with Gasteiger partial charge in [-0.05, 0) is 26.7 Å². The summed E-state index contributed by atoms with van der Waals surface area (Å²) in [4.78, 5) is 20.4. The van der Waals surface area contributed by atoms with E-state index in [9.17, 15) is 4.79 Å². The molecule has 1 saturated carbocycles. The van der Waals surface area contributed by atoms with Gasteiger partial charge in [-0.3, -0.25) is 4.79 Å². The summed E-state index contributed by atoms with van der Waals surface area (Å²) < 4.78 is 0. The number of hydrogen-bond acceptors (Lipinski definition) is 6. The number of amides is 1. The molecule has 0 radical (unpaired) electrons. The highest BCUT2D eigenvalue weighted by atomic mass is 16.2. The van der Waals surface area contributed by atoms with E-state index in [4.69, 9.17) is 5.84 Å². The molecule has 19 heavy (non-hydrogen) atoms. The van der Waals surface area contributed by atoms with Crippen LogP contribution in [0.3, 0.4) is 0 Å². The van der Waals surface area contributed by atoms with E-state index in [1.54, 1.807) is 13.0 Å². The molecule has 1 amide bonds. The molecule has 1 heterocycles. The Labute approximate surface area is 112 Å². The molecule has 1 unspecified atom stereocenters. The van der Waals surface area contributed by atoms with E-state index in [1.165, 1.54) is 0 Å². The standard InChI is InChI=1S/C12H20N6O/c1-3-14-12(19)7(2)15-9-6-10(18-13)17-11(16-9)8-4-5-8/h6-8H,3-5,13H2,1-2H3,(H,14,19)(H2,15,16,17,18). The molecule has 1 aliphatic carbocycles. The fraction of sp³-hybridized carbons (Fsp3) is 0.583. The second-order valence-electron chi connectivity index (χ2n) is 4.68. The van der Waals surface area contributed by atoms with E-state index in [-0.39, 0.29) is 11.9 Å². The highest BCUT2D eigenvalue weighted by Gasteiger charge is 2.27. The van der Waals surface area contributed by atoms with Crippen molar-refractivity contribution < 1.29 is 4.79 Å². The molecule has 0 aliphatic heterocycles. The fourth-order valence-corrected chi connectivity index (χ4v) is 1.75. The molecule has 0 aromatic carbocycles. The van der Waals surface area contributed by atoms with Crippen LogP contribution in [-0.2, 0) is 4.79 Å². The van der Waals surface area contributed by atoms with E-state index < -0.39 is 0 Å². The Morgan fingerprint density at radius 1 is 1.47 bits per heavy atom. The van der Waals surface area contributed by atoms with E-state index in [2.05, 4.69) is 26.0 Å². The van der Waals surface area contributed by atoms with Crippen LogP contribution in [0.4, 0.5) is 11.6 Å². The molecule has 1 aromatic heterocycles. The van der Waals surface area contributed by atoms with Crippen LogP contribution >= 0.6 is 0 Å². The fourth-order valence-electron chi connectivity index (χ4n) is 1.75. The van der Waals surface area contributed by atoms with Crippen molar-refractivity contribution in [1.82, 2.24) is 15.3 Å². The number of hydrogen-bond donors (Lipinski definition) is 4. The number of nitrogens with two attached hydrogens (primary N) is 1. The normalized spacial score (nSPS) is 15.7. The predicted octanol–water partition coefficient (Wildman–Crippen LogP) is 0.576. The summed E-state index contributed by atoms with van der Waals surface area (Å²) in [6.45, 7) is 4.29. The van der Waals surface area contributed by atoms with Gasteiger partial charge in [-0.15, -0.1) is 0 Å². The van der Waals surface area contributed by atoms with Crippen LogP contribution in [0.2, 0.25) is 0 Å². The Bertz CT molecular complexity index is 460. The van der Waals surface area contributed by atoms with Crippen molar-refractivity contribution in [2.45, 2.75) is 38.6 Å². The summed E-state index contributed by atoms with van der Waals surface area (Å²) in [5.74, 6) is 7.72. The van der Waals surface area contributed by atoms with Gasteiger partial charge in [-0.1, -0.05) is 0 Å². The van der Waals surface area contributed by atoms with Gasteiger partial charge in [0.2, 0.25) is 5.91 Å². The topological polar surface area (TPSA) is 105 Å². The maximum absolute atomic E-state index is 11.7. The van der Waals surface area contributed by atoms with Crippen LogP contribution < -0.4 is 21.9 Å². The van der Waals surface area contributed by atoms with Crippen molar-refractivity contribution in [3.63, 3.8) is 0 Å². The van der Waals surface area contributed by atoms with Gasteiger partial charge in [0.1, 0.15) is 23.5 Å². The zero-order chi connectivity index (χ0) is 13.8. The lowest BCUT2D eigenvalue weighted by atomic mass is 10.3. The number of carbonyl (C=O) groups excluding carboxylic acids is 1. The van der Waals surface area contributed by atoms with E-state index >= 15 is 0 Å². The second kappa shape index (κ2) is 5.83. The third-order valence-electron chi connectivity index (χ3n) is 2.94. The zero-order valence-electron chi connectivity index (χ0n) is 11.2. The molecule has 1 atom stereocenters. The highest BCUT2D eigenvalue weighted by Crippen LogP contribution is 2.38. The summed E-state index contributed by atoms with van der Waals surface area (Å²) in [6.07, 6.45) is 2.22. The molecular weight excluding hydrogens is 244 g/mol. The molecule has 7 heteroatoms. The maximum atomic E-state index is 11.7. The Morgan fingerprint density at radius 3 is 2.74 bits per heavy atom. The molecule has 7 nitrogen and oxygen atoms in total. The van der Waals surface area contributed by atoms with E-state index in [0.29, 0.717) is 24.1 Å². The number of carbonyl (C=O) groups is 1. The van der Waals surface area contributed by atoms with Crippen LogP contribution in [0.5, 0.6) is 0 Å². The second-order valence-corrected chi connectivity index (χ2v) is 4.68. The summed E-state index contributed by atoms with van der Waals surface area (Å²) in [7, 11) is 0. The number of aromatic nitrogens is 2. The molecular formula is C12H20N6O. The number of anilines is 2. The number of rotatable bonds is 6. The lowest BCUT2D eigenvalue weighted by Crippen LogP contribution is -2.37. The molecule has 1 aliphatic rings. The van der Waals surface area contributed by atoms with Crippen LogP contribution in [0.15, 0.2) is 6.07 Å². The van der Waals surface area contributed by atoms with Gasteiger partial charge in [-0.2, -0.15) is 0 Å². The minimum absolute atomic E-state index is 0.0589. The lowest BCUT2D eigenvalue weighted by molar-refractivity contribution is -0.121. The molecule has 1 aromatic rings. The quantitative estimate of drug-likeness (QED) is 0.442. The van der Waals surface area contributed by atoms with E-state index in [0.717, 1.165) is 18.7 Å². The summed E-state index contributed by atoms with van der Waals surface area (Å²) in [6, 6.07) is 1.34.